The monoisotopic (exact) mass is 336 g/mol. The Morgan fingerprint density at radius 2 is 2.17 bits per heavy atom. The van der Waals surface area contributed by atoms with Crippen LogP contribution in [0.1, 0.15) is 6.42 Å². The number of anilines is 1. The van der Waals surface area contributed by atoms with Gasteiger partial charge in [0, 0.05) is 17.9 Å². The fourth-order valence-corrected chi connectivity index (χ4v) is 3.60. The Bertz CT molecular complexity index is 657. The lowest BCUT2D eigenvalue weighted by molar-refractivity contribution is -0.147. The average molecular weight is 336 g/mol. The van der Waals surface area contributed by atoms with Gasteiger partial charge in [0.05, 0.1) is 18.0 Å². The number of carboxylic acids is 1. The quantitative estimate of drug-likeness (QED) is 0.830. The lowest BCUT2D eigenvalue weighted by atomic mass is 9.99. The number of carboxylic acid groups (broad SMARTS) is 1. The van der Waals surface area contributed by atoms with E-state index in [1.54, 1.807) is 12.1 Å². The minimum Gasteiger partial charge on any atom is -0.479 e. The van der Waals surface area contributed by atoms with E-state index in [-0.39, 0.29) is 37.8 Å². The predicted octanol–water partition coefficient (Wildman–Crippen LogP) is 0.485. The maximum Gasteiger partial charge on any atom is 0.331 e. The molecule has 2 N–H and O–H groups in total. The van der Waals surface area contributed by atoms with Crippen molar-refractivity contribution in [1.29, 1.82) is 0 Å². The molecule has 1 fully saturated rings. The van der Waals surface area contributed by atoms with E-state index in [0.29, 0.717) is 5.69 Å². The van der Waals surface area contributed by atoms with Crippen LogP contribution in [0, 0.1) is 0 Å². The van der Waals surface area contributed by atoms with E-state index in [9.17, 15) is 19.5 Å². The van der Waals surface area contributed by atoms with Gasteiger partial charge in [-0.2, -0.15) is 0 Å². The fourth-order valence-electron chi connectivity index (χ4n) is 2.66. The second kappa shape index (κ2) is 6.21. The Balaban J connectivity index is 1.75. The zero-order valence-electron chi connectivity index (χ0n) is 12.3. The Labute approximate surface area is 137 Å². The van der Waals surface area contributed by atoms with E-state index in [0.717, 1.165) is 4.90 Å². The standard InChI is InChI=1S/C15H16N2O5S/c18-12(16-15(14(20)21)5-6-22-9-15)7-17-10-3-1-2-4-11(10)23-8-13(17)19/h1-4H,5-9H2,(H,16,18)(H,20,21). The minimum absolute atomic E-state index is 0.0611. The van der Waals surface area contributed by atoms with Crippen LogP contribution in [0.2, 0.25) is 0 Å². The number of amides is 2. The molecular formula is C15H16N2O5S. The maximum atomic E-state index is 12.3. The molecule has 0 aliphatic carbocycles. The van der Waals surface area contributed by atoms with Crippen LogP contribution in [0.4, 0.5) is 5.69 Å². The number of nitrogens with zero attached hydrogens (tertiary/aromatic N) is 1. The number of hydrogen-bond acceptors (Lipinski definition) is 5. The third-order valence-corrected chi connectivity index (χ3v) is 4.97. The van der Waals surface area contributed by atoms with Gasteiger partial charge in [0.2, 0.25) is 11.8 Å². The highest BCUT2D eigenvalue weighted by molar-refractivity contribution is 8.00. The summed E-state index contributed by atoms with van der Waals surface area (Å²) in [4.78, 5) is 38.2. The minimum atomic E-state index is -1.40. The second-order valence-corrected chi connectivity index (χ2v) is 6.49. The Morgan fingerprint density at radius 1 is 1.39 bits per heavy atom. The van der Waals surface area contributed by atoms with Crippen LogP contribution in [0.25, 0.3) is 0 Å². The zero-order chi connectivity index (χ0) is 16.4. The van der Waals surface area contributed by atoms with E-state index < -0.39 is 17.4 Å². The summed E-state index contributed by atoms with van der Waals surface area (Å²) in [6.45, 7) is 0.0224. The average Bonchev–Trinajstić information content (AvgIpc) is 3.00. The number of benzene rings is 1. The van der Waals surface area contributed by atoms with Gasteiger partial charge >= 0.3 is 5.97 Å². The Kier molecular flexibility index (Phi) is 4.27. The molecule has 23 heavy (non-hydrogen) atoms. The molecule has 0 bridgehead atoms. The molecule has 3 rings (SSSR count). The van der Waals surface area contributed by atoms with Crippen molar-refractivity contribution in [1.82, 2.24) is 5.32 Å². The van der Waals surface area contributed by atoms with Crippen LogP contribution in [-0.4, -0.2) is 53.9 Å². The molecule has 1 saturated heterocycles. The van der Waals surface area contributed by atoms with Crippen molar-refractivity contribution >= 4 is 35.2 Å². The summed E-state index contributed by atoms with van der Waals surface area (Å²) in [5.74, 6) is -1.54. The van der Waals surface area contributed by atoms with Crippen molar-refractivity contribution in [2.75, 3.05) is 30.4 Å². The number of carbonyl (C=O) groups is 3. The van der Waals surface area contributed by atoms with Crippen LogP contribution in [0.5, 0.6) is 0 Å². The first kappa shape index (κ1) is 15.8. The molecule has 1 atom stereocenters. The molecule has 1 aromatic rings. The van der Waals surface area contributed by atoms with Crippen LogP contribution in [-0.2, 0) is 19.1 Å². The summed E-state index contributed by atoms with van der Waals surface area (Å²) in [6.07, 6.45) is 0.217. The molecule has 0 aromatic heterocycles. The number of rotatable bonds is 4. The number of para-hydroxylation sites is 1. The normalized spacial score (nSPS) is 23.5. The van der Waals surface area contributed by atoms with Crippen LogP contribution >= 0.6 is 11.8 Å². The van der Waals surface area contributed by atoms with Gasteiger partial charge in [-0.1, -0.05) is 12.1 Å². The van der Waals surface area contributed by atoms with E-state index in [4.69, 9.17) is 4.74 Å². The first-order valence-corrected chi connectivity index (χ1v) is 8.15. The first-order chi connectivity index (χ1) is 11.0. The lowest BCUT2D eigenvalue weighted by Crippen LogP contribution is -2.57. The lowest BCUT2D eigenvalue weighted by Gasteiger charge is -2.30. The predicted molar refractivity (Wildman–Crippen MR) is 83.5 cm³/mol. The van der Waals surface area contributed by atoms with Crippen molar-refractivity contribution in [3.8, 4) is 0 Å². The second-order valence-electron chi connectivity index (χ2n) is 5.47. The van der Waals surface area contributed by atoms with Gasteiger partial charge in [-0.15, -0.1) is 11.8 Å². The maximum absolute atomic E-state index is 12.3. The van der Waals surface area contributed by atoms with Gasteiger partial charge in [0.15, 0.2) is 5.54 Å². The van der Waals surface area contributed by atoms with Gasteiger partial charge in [-0.05, 0) is 12.1 Å². The molecule has 2 aliphatic heterocycles. The molecule has 0 saturated carbocycles. The van der Waals surface area contributed by atoms with E-state index in [1.807, 2.05) is 12.1 Å². The van der Waals surface area contributed by atoms with Crippen molar-refractivity contribution in [2.45, 2.75) is 16.9 Å². The number of thioether (sulfide) groups is 1. The van der Waals surface area contributed by atoms with Gasteiger partial charge < -0.3 is 20.1 Å². The molecule has 8 heteroatoms. The van der Waals surface area contributed by atoms with Crippen LogP contribution in [0.15, 0.2) is 29.2 Å². The molecule has 7 nitrogen and oxygen atoms in total. The van der Waals surface area contributed by atoms with Gasteiger partial charge in [0.25, 0.3) is 0 Å². The highest BCUT2D eigenvalue weighted by Crippen LogP contribution is 2.34. The summed E-state index contributed by atoms with van der Waals surface area (Å²) in [6, 6.07) is 7.33. The van der Waals surface area contributed by atoms with Crippen LogP contribution < -0.4 is 10.2 Å². The topological polar surface area (TPSA) is 95.9 Å². The molecule has 2 aliphatic rings. The molecule has 1 aromatic carbocycles. The van der Waals surface area contributed by atoms with Crippen molar-refractivity contribution in [3.63, 3.8) is 0 Å². The zero-order valence-corrected chi connectivity index (χ0v) is 13.1. The SMILES string of the molecule is O=C(CN1C(=O)CSc2ccccc21)NC1(C(=O)O)CCOC1. The van der Waals surface area contributed by atoms with Gasteiger partial charge in [-0.3, -0.25) is 9.59 Å². The third kappa shape index (κ3) is 3.04. The summed E-state index contributed by atoms with van der Waals surface area (Å²) in [5.41, 5.74) is -0.722. The first-order valence-electron chi connectivity index (χ1n) is 7.16. The fraction of sp³-hybridized carbons (Fsp3) is 0.400. The van der Waals surface area contributed by atoms with Crippen molar-refractivity contribution in [2.24, 2.45) is 0 Å². The molecule has 0 spiro atoms. The summed E-state index contributed by atoms with van der Waals surface area (Å²) >= 11 is 1.43. The largest absolute Gasteiger partial charge is 0.479 e. The number of carbonyl (C=O) groups excluding carboxylic acids is 2. The summed E-state index contributed by atoms with van der Waals surface area (Å²) < 4.78 is 5.11. The highest BCUT2D eigenvalue weighted by atomic mass is 32.2. The number of aliphatic carboxylic acids is 1. The van der Waals surface area contributed by atoms with Gasteiger partial charge in [-0.25, -0.2) is 4.79 Å². The van der Waals surface area contributed by atoms with Crippen molar-refractivity contribution < 1.29 is 24.2 Å². The van der Waals surface area contributed by atoms with Crippen molar-refractivity contribution in [3.05, 3.63) is 24.3 Å². The van der Waals surface area contributed by atoms with E-state index in [2.05, 4.69) is 5.32 Å². The number of ether oxygens (including phenoxy) is 1. The van der Waals surface area contributed by atoms with E-state index >= 15 is 0 Å². The smallest absolute Gasteiger partial charge is 0.331 e. The molecular weight excluding hydrogens is 320 g/mol. The highest BCUT2D eigenvalue weighted by Gasteiger charge is 2.44. The number of nitrogens with one attached hydrogen (secondary N) is 1. The summed E-state index contributed by atoms with van der Waals surface area (Å²) in [5, 5.41) is 11.9. The molecule has 122 valence electrons. The molecule has 2 amide bonds. The van der Waals surface area contributed by atoms with Crippen LogP contribution in [0.3, 0.4) is 0 Å². The number of hydrogen-bond donors (Lipinski definition) is 2. The third-order valence-electron chi connectivity index (χ3n) is 3.92. The van der Waals surface area contributed by atoms with E-state index in [1.165, 1.54) is 16.7 Å². The molecule has 0 radical (unpaired) electrons. The molecule has 1 unspecified atom stereocenters. The Morgan fingerprint density at radius 3 is 2.87 bits per heavy atom. The molecule has 2 heterocycles. The van der Waals surface area contributed by atoms with Gasteiger partial charge in [0.1, 0.15) is 6.54 Å². The number of fused-ring (bicyclic) bond motifs is 1. The summed E-state index contributed by atoms with van der Waals surface area (Å²) in [7, 11) is 0. The Hall–Kier alpha value is -2.06.